The molecule has 0 bridgehead atoms. The average Bonchev–Trinajstić information content (AvgIpc) is 2.76. The zero-order valence-corrected chi connectivity index (χ0v) is 24.2. The molecule has 3 amide bonds. The van der Waals surface area contributed by atoms with Crippen LogP contribution < -0.4 is 21.7 Å². The van der Waals surface area contributed by atoms with Crippen molar-refractivity contribution < 1.29 is 38.9 Å². The summed E-state index contributed by atoms with van der Waals surface area (Å²) < 4.78 is 4.89. The van der Waals surface area contributed by atoms with Gasteiger partial charge in [0, 0.05) is 13.3 Å². The summed E-state index contributed by atoms with van der Waals surface area (Å²) in [5.41, 5.74) is 5.58. The van der Waals surface area contributed by atoms with Gasteiger partial charge in [-0.15, -0.1) is 0 Å². The number of rotatable bonds is 16. The summed E-state index contributed by atoms with van der Waals surface area (Å²) in [4.78, 5) is 59.1. The molecule has 0 aliphatic heterocycles. The van der Waals surface area contributed by atoms with Crippen LogP contribution in [0.25, 0.3) is 0 Å². The van der Waals surface area contributed by atoms with E-state index in [-0.39, 0.29) is 36.7 Å². The lowest BCUT2D eigenvalue weighted by Crippen LogP contribution is -2.58. The fourth-order valence-corrected chi connectivity index (χ4v) is 3.42. The van der Waals surface area contributed by atoms with Gasteiger partial charge in [-0.25, -0.2) is 0 Å². The Kier molecular flexibility index (Phi) is 20.0. The Morgan fingerprint density at radius 1 is 0.842 bits per heavy atom. The fraction of sp³-hybridized carbons (Fsp3) is 0.808. The lowest BCUT2D eigenvalue weighted by Gasteiger charge is -2.30. The first-order valence-corrected chi connectivity index (χ1v) is 13.2. The average molecular weight is 547 g/mol. The Balaban J connectivity index is 0. The maximum atomic E-state index is 13.1. The number of carboxylic acid groups (broad SMARTS) is 1. The number of aliphatic hydroxyl groups excluding tert-OH is 1. The van der Waals surface area contributed by atoms with E-state index in [0.717, 1.165) is 6.92 Å². The van der Waals surface area contributed by atoms with E-state index in [9.17, 15) is 24.3 Å². The Hall–Kier alpha value is -2.73. The van der Waals surface area contributed by atoms with Crippen molar-refractivity contribution in [3.05, 3.63) is 0 Å². The van der Waals surface area contributed by atoms with Crippen LogP contribution >= 0.6 is 0 Å². The number of esters is 1. The number of carbonyl (C=O) groups excluding carboxylic acids is 4. The highest BCUT2D eigenvalue weighted by atomic mass is 16.5. The van der Waals surface area contributed by atoms with Crippen LogP contribution in [0.2, 0.25) is 0 Å². The molecule has 2 unspecified atom stereocenters. The maximum Gasteiger partial charge on any atom is 0.308 e. The first kappa shape index (κ1) is 37.4. The first-order chi connectivity index (χ1) is 17.6. The van der Waals surface area contributed by atoms with Gasteiger partial charge in [0.2, 0.25) is 17.7 Å². The highest BCUT2D eigenvalue weighted by Gasteiger charge is 2.32. The van der Waals surface area contributed by atoms with Crippen molar-refractivity contribution in [1.29, 1.82) is 0 Å². The van der Waals surface area contributed by atoms with Gasteiger partial charge in [0.1, 0.15) is 12.1 Å². The Bertz CT molecular complexity index is 739. The molecule has 0 rings (SSSR count). The largest absolute Gasteiger partial charge is 0.481 e. The number of carbonyl (C=O) groups is 5. The molecule has 7 N–H and O–H groups in total. The molecule has 0 aromatic rings. The molecule has 0 aromatic carbocycles. The molecule has 0 aliphatic carbocycles. The third kappa shape index (κ3) is 17.7. The van der Waals surface area contributed by atoms with Gasteiger partial charge in [-0.05, 0) is 44.1 Å². The smallest absolute Gasteiger partial charge is 0.308 e. The van der Waals surface area contributed by atoms with Crippen molar-refractivity contribution in [2.24, 2.45) is 23.5 Å². The third-order valence-corrected chi connectivity index (χ3v) is 5.30. The van der Waals surface area contributed by atoms with Crippen molar-refractivity contribution in [3.8, 4) is 0 Å². The van der Waals surface area contributed by atoms with E-state index in [1.165, 1.54) is 0 Å². The van der Waals surface area contributed by atoms with E-state index < -0.39 is 48.0 Å². The third-order valence-electron chi connectivity index (χ3n) is 5.30. The normalized spacial score (nSPS) is 14.0. The standard InChI is InChI=1S/C24H46N4O6.C2H4O2/c1-8-34-20(31)13-18(29)17(10-9-11-25)26-23(32)22(16(6)7)28-24(33)21(15(4)5)27-19(30)12-14(2)3;1-2(3)4/h14-18,21-22,29H,8-13,25H2,1-7H3,(H,26,32)(H,27,30)(H,28,33);1H3,(H,3,4)/t17-,18?,21?,22+;/m0./s1. The Morgan fingerprint density at radius 3 is 1.74 bits per heavy atom. The van der Waals surface area contributed by atoms with E-state index >= 15 is 0 Å². The molecule has 38 heavy (non-hydrogen) atoms. The Labute approximate surface area is 226 Å². The predicted octanol–water partition coefficient (Wildman–Crippen LogP) is 0.943. The SMILES string of the molecule is CC(=O)O.CCOC(=O)CC(O)[C@H](CCCN)NC(=O)[C@H](NC(=O)C(NC(=O)CC(C)C)C(C)C)C(C)C. The van der Waals surface area contributed by atoms with E-state index in [0.29, 0.717) is 25.8 Å². The molecule has 0 aromatic heterocycles. The summed E-state index contributed by atoms with van der Waals surface area (Å²) in [6, 6.07) is -2.42. The second-order valence-corrected chi connectivity index (χ2v) is 10.3. The molecule has 4 atom stereocenters. The van der Waals surface area contributed by atoms with Crippen LogP contribution in [0.5, 0.6) is 0 Å². The fourth-order valence-electron chi connectivity index (χ4n) is 3.42. The summed E-state index contributed by atoms with van der Waals surface area (Å²) in [6.45, 7) is 14.3. The van der Waals surface area contributed by atoms with Crippen molar-refractivity contribution >= 4 is 29.7 Å². The number of aliphatic hydroxyl groups is 1. The number of hydrogen-bond donors (Lipinski definition) is 6. The van der Waals surface area contributed by atoms with Gasteiger partial charge < -0.3 is 36.6 Å². The molecule has 12 heteroatoms. The molecule has 0 heterocycles. The van der Waals surface area contributed by atoms with Gasteiger partial charge in [0.05, 0.1) is 25.2 Å². The maximum absolute atomic E-state index is 13.1. The minimum Gasteiger partial charge on any atom is -0.481 e. The van der Waals surface area contributed by atoms with Crippen molar-refractivity contribution in [2.45, 2.75) is 105 Å². The summed E-state index contributed by atoms with van der Waals surface area (Å²) in [7, 11) is 0. The number of nitrogens with one attached hydrogen (secondary N) is 3. The van der Waals surface area contributed by atoms with Crippen LogP contribution in [0.15, 0.2) is 0 Å². The number of aliphatic carboxylic acids is 1. The lowest BCUT2D eigenvalue weighted by atomic mass is 9.97. The molecular weight excluding hydrogens is 496 g/mol. The second-order valence-electron chi connectivity index (χ2n) is 10.3. The summed E-state index contributed by atoms with van der Waals surface area (Å²) in [6.07, 6.45) is -0.232. The van der Waals surface area contributed by atoms with Gasteiger partial charge in [0.25, 0.3) is 5.97 Å². The summed E-state index contributed by atoms with van der Waals surface area (Å²) in [5.74, 6) is -2.85. The minimum atomic E-state index is -1.16. The zero-order chi connectivity index (χ0) is 30.0. The predicted molar refractivity (Wildman–Crippen MR) is 144 cm³/mol. The highest BCUT2D eigenvalue weighted by Crippen LogP contribution is 2.12. The van der Waals surface area contributed by atoms with Crippen molar-refractivity contribution in [3.63, 3.8) is 0 Å². The van der Waals surface area contributed by atoms with Crippen molar-refractivity contribution in [1.82, 2.24) is 16.0 Å². The first-order valence-electron chi connectivity index (χ1n) is 13.2. The highest BCUT2D eigenvalue weighted by molar-refractivity contribution is 5.92. The van der Waals surface area contributed by atoms with E-state index in [4.69, 9.17) is 20.4 Å². The Morgan fingerprint density at radius 2 is 1.32 bits per heavy atom. The molecule has 0 fully saturated rings. The number of nitrogens with two attached hydrogens (primary N) is 1. The van der Waals surface area contributed by atoms with Gasteiger partial charge in [-0.2, -0.15) is 0 Å². The topological polar surface area (TPSA) is 197 Å². The van der Waals surface area contributed by atoms with Crippen LogP contribution in [0, 0.1) is 17.8 Å². The zero-order valence-electron chi connectivity index (χ0n) is 24.2. The van der Waals surface area contributed by atoms with Gasteiger partial charge >= 0.3 is 5.97 Å². The van der Waals surface area contributed by atoms with Crippen LogP contribution in [0.3, 0.4) is 0 Å². The second kappa shape index (κ2) is 20.3. The molecule has 0 saturated carbocycles. The number of amides is 3. The van der Waals surface area contributed by atoms with Gasteiger partial charge in [-0.3, -0.25) is 24.0 Å². The molecule has 12 nitrogen and oxygen atoms in total. The van der Waals surface area contributed by atoms with E-state index in [2.05, 4.69) is 16.0 Å². The molecule has 0 aliphatic rings. The van der Waals surface area contributed by atoms with E-state index in [1.807, 2.05) is 27.7 Å². The van der Waals surface area contributed by atoms with Crippen LogP contribution in [0.1, 0.15) is 81.1 Å². The summed E-state index contributed by atoms with van der Waals surface area (Å²) in [5, 5.41) is 26.2. The van der Waals surface area contributed by atoms with Gasteiger partial charge in [-0.1, -0.05) is 41.5 Å². The van der Waals surface area contributed by atoms with Crippen LogP contribution in [-0.2, 0) is 28.7 Å². The van der Waals surface area contributed by atoms with E-state index in [1.54, 1.807) is 20.8 Å². The molecule has 222 valence electrons. The number of ether oxygens (including phenoxy) is 1. The lowest BCUT2D eigenvalue weighted by molar-refractivity contribution is -0.146. The quantitative estimate of drug-likeness (QED) is 0.153. The number of carboxylic acids is 1. The molecule has 0 radical (unpaired) electrons. The monoisotopic (exact) mass is 546 g/mol. The minimum absolute atomic E-state index is 0.150. The molecular formula is C26H50N4O8. The van der Waals surface area contributed by atoms with Crippen LogP contribution in [0.4, 0.5) is 0 Å². The molecule has 0 saturated heterocycles. The van der Waals surface area contributed by atoms with Gasteiger partial charge in [0.15, 0.2) is 0 Å². The summed E-state index contributed by atoms with van der Waals surface area (Å²) >= 11 is 0. The number of hydrogen-bond acceptors (Lipinski definition) is 8. The van der Waals surface area contributed by atoms with Crippen molar-refractivity contribution in [2.75, 3.05) is 13.2 Å². The molecule has 0 spiro atoms. The van der Waals surface area contributed by atoms with Crippen LogP contribution in [-0.4, -0.2) is 77.3 Å².